The van der Waals surface area contributed by atoms with Crippen LogP contribution in [-0.4, -0.2) is 28.9 Å². The van der Waals surface area contributed by atoms with E-state index in [1.54, 1.807) is 6.20 Å². The Morgan fingerprint density at radius 2 is 2.00 bits per heavy atom. The summed E-state index contributed by atoms with van der Waals surface area (Å²) in [6, 6.07) is 9.78. The van der Waals surface area contributed by atoms with Crippen LogP contribution in [0.3, 0.4) is 0 Å². The van der Waals surface area contributed by atoms with Crippen LogP contribution in [0, 0.1) is 0 Å². The molecule has 74 valence electrons. The molecule has 3 nitrogen and oxygen atoms in total. The van der Waals surface area contributed by atoms with Gasteiger partial charge in [0.05, 0.1) is 0 Å². The van der Waals surface area contributed by atoms with Crippen molar-refractivity contribution >= 4 is 40.8 Å². The van der Waals surface area contributed by atoms with E-state index in [-0.39, 0.29) is 0 Å². The van der Waals surface area contributed by atoms with Crippen LogP contribution in [0.4, 0.5) is 0 Å². The van der Waals surface area contributed by atoms with Gasteiger partial charge in [-0.2, -0.15) is 0 Å². The molecule has 16 heavy (non-hydrogen) atoms. The zero-order valence-electron chi connectivity index (χ0n) is 8.42. The van der Waals surface area contributed by atoms with Crippen LogP contribution in [0.2, 0.25) is 0 Å². The minimum absolute atomic E-state index is 0.842. The molecule has 0 N–H and O–H groups in total. The second-order valence-electron chi connectivity index (χ2n) is 3.47. The Kier molecular flexibility index (Phi) is 2.30. The first-order valence-electron chi connectivity index (χ1n) is 4.89. The SMILES string of the molecule is [Ga][O]c1cccc2ncc3cccnc3c12. The quantitative estimate of drug-likeness (QED) is 0.500. The topological polar surface area (TPSA) is 35.0 Å². The van der Waals surface area contributed by atoms with E-state index in [1.165, 1.54) is 19.0 Å². The third kappa shape index (κ3) is 1.38. The van der Waals surface area contributed by atoms with Gasteiger partial charge in [-0.25, -0.2) is 0 Å². The average molecular weight is 265 g/mol. The molecule has 0 aliphatic carbocycles. The Hall–Kier alpha value is -1.52. The van der Waals surface area contributed by atoms with E-state index >= 15 is 0 Å². The van der Waals surface area contributed by atoms with Crippen LogP contribution in [0.1, 0.15) is 0 Å². The average Bonchev–Trinajstić information content (AvgIpc) is 2.37. The van der Waals surface area contributed by atoms with E-state index in [9.17, 15) is 0 Å². The predicted molar refractivity (Wildman–Crippen MR) is 63.4 cm³/mol. The normalized spacial score (nSPS) is 10.8. The number of hydrogen-bond donors (Lipinski definition) is 0. The summed E-state index contributed by atoms with van der Waals surface area (Å²) in [6.45, 7) is 0. The number of fused-ring (bicyclic) bond motifs is 3. The van der Waals surface area contributed by atoms with Gasteiger partial charge in [-0.1, -0.05) is 0 Å². The molecule has 0 saturated heterocycles. The van der Waals surface area contributed by atoms with Crippen molar-refractivity contribution in [2.75, 3.05) is 0 Å². The number of aromatic nitrogens is 2. The zero-order chi connectivity index (χ0) is 11.0. The van der Waals surface area contributed by atoms with Gasteiger partial charge in [-0.05, 0) is 0 Å². The van der Waals surface area contributed by atoms with Crippen LogP contribution in [0.5, 0.6) is 5.75 Å². The summed E-state index contributed by atoms with van der Waals surface area (Å²) in [5.74, 6) is 0.842. The molecule has 0 atom stereocenters. The Morgan fingerprint density at radius 3 is 2.88 bits per heavy atom. The van der Waals surface area contributed by atoms with Gasteiger partial charge in [-0.3, -0.25) is 0 Å². The summed E-state index contributed by atoms with van der Waals surface area (Å²) >= 11 is 1.21. The minimum atomic E-state index is 0.842. The van der Waals surface area contributed by atoms with Crippen molar-refractivity contribution < 1.29 is 3.53 Å². The maximum atomic E-state index is 5.42. The fourth-order valence-electron chi connectivity index (χ4n) is 1.83. The molecule has 0 aliphatic rings. The van der Waals surface area contributed by atoms with Gasteiger partial charge in [0.1, 0.15) is 0 Å². The third-order valence-electron chi connectivity index (χ3n) is 2.55. The van der Waals surface area contributed by atoms with Crippen molar-refractivity contribution in [3.05, 3.63) is 42.7 Å². The van der Waals surface area contributed by atoms with Gasteiger partial charge in [0.2, 0.25) is 0 Å². The van der Waals surface area contributed by atoms with Crippen LogP contribution in [0.25, 0.3) is 21.8 Å². The molecule has 0 spiro atoms. The van der Waals surface area contributed by atoms with Crippen LogP contribution < -0.4 is 3.53 Å². The fourth-order valence-corrected chi connectivity index (χ4v) is 2.25. The first kappa shape index (κ1) is 9.68. The van der Waals surface area contributed by atoms with Gasteiger partial charge < -0.3 is 0 Å². The van der Waals surface area contributed by atoms with E-state index < -0.39 is 0 Å². The van der Waals surface area contributed by atoms with E-state index in [0.29, 0.717) is 0 Å². The molecule has 2 heterocycles. The number of nitrogens with zero attached hydrogens (tertiary/aromatic N) is 2. The van der Waals surface area contributed by atoms with Crippen LogP contribution in [-0.2, 0) is 0 Å². The Balaban J connectivity index is 2.57. The molecule has 0 fully saturated rings. The Morgan fingerprint density at radius 1 is 1.06 bits per heavy atom. The zero-order valence-corrected chi connectivity index (χ0v) is 10.8. The first-order chi connectivity index (χ1) is 7.90. The Bertz CT molecular complexity index is 669. The van der Waals surface area contributed by atoms with Crippen molar-refractivity contribution in [1.29, 1.82) is 0 Å². The molecular weight excluding hydrogens is 258 g/mol. The summed E-state index contributed by atoms with van der Waals surface area (Å²) in [5, 5.41) is 2.02. The maximum absolute atomic E-state index is 5.42. The second kappa shape index (κ2) is 3.81. The van der Waals surface area contributed by atoms with Gasteiger partial charge in [0.25, 0.3) is 0 Å². The molecule has 0 saturated carbocycles. The van der Waals surface area contributed by atoms with Crippen LogP contribution in [0.15, 0.2) is 42.7 Å². The molecule has 1 aromatic carbocycles. The fraction of sp³-hybridized carbons (Fsp3) is 0. The molecule has 0 aliphatic heterocycles. The first-order valence-corrected chi connectivity index (χ1v) is 5.88. The summed E-state index contributed by atoms with van der Waals surface area (Å²) in [4.78, 5) is 8.81. The molecule has 0 unspecified atom stereocenters. The molecule has 0 bridgehead atoms. The van der Waals surface area contributed by atoms with Crippen molar-refractivity contribution in [3.8, 4) is 5.75 Å². The predicted octanol–water partition coefficient (Wildman–Crippen LogP) is 2.25. The van der Waals surface area contributed by atoms with Crippen molar-refractivity contribution in [3.63, 3.8) is 0 Å². The van der Waals surface area contributed by atoms with E-state index in [4.69, 9.17) is 3.53 Å². The molecule has 3 rings (SSSR count). The summed E-state index contributed by atoms with van der Waals surface area (Å²) in [6.07, 6.45) is 3.63. The summed E-state index contributed by atoms with van der Waals surface area (Å²) in [5.41, 5.74) is 1.86. The third-order valence-corrected chi connectivity index (χ3v) is 3.08. The van der Waals surface area contributed by atoms with Crippen molar-refractivity contribution in [2.24, 2.45) is 0 Å². The van der Waals surface area contributed by atoms with Gasteiger partial charge in [-0.15, -0.1) is 0 Å². The van der Waals surface area contributed by atoms with E-state index in [1.807, 2.05) is 36.5 Å². The molecule has 2 radical (unpaired) electrons. The number of pyridine rings is 2. The van der Waals surface area contributed by atoms with Gasteiger partial charge in [0.15, 0.2) is 0 Å². The van der Waals surface area contributed by atoms with Gasteiger partial charge >= 0.3 is 103 Å². The Labute approximate surface area is 103 Å². The monoisotopic (exact) mass is 264 g/mol. The molecule has 4 heteroatoms. The van der Waals surface area contributed by atoms with Crippen molar-refractivity contribution in [2.45, 2.75) is 0 Å². The van der Waals surface area contributed by atoms with Crippen LogP contribution >= 0.6 is 0 Å². The summed E-state index contributed by atoms with van der Waals surface area (Å²) < 4.78 is 5.42. The van der Waals surface area contributed by atoms with Gasteiger partial charge in [0, 0.05) is 0 Å². The molecule has 2 aromatic heterocycles. The molecular formula is C12H7GaN2O. The number of rotatable bonds is 1. The van der Waals surface area contributed by atoms with Crippen molar-refractivity contribution in [1.82, 2.24) is 9.97 Å². The number of benzene rings is 1. The summed E-state index contributed by atoms with van der Waals surface area (Å²) in [7, 11) is 0. The molecule has 0 amide bonds. The number of hydrogen-bond acceptors (Lipinski definition) is 3. The molecule has 3 aromatic rings. The second-order valence-corrected chi connectivity index (χ2v) is 3.96. The standard InChI is InChI=1S/C12H8N2O.Ga/c15-10-5-1-4-9-11(10)12-8(7-14-9)3-2-6-13-12;/h1-7,15H;/q;+1/p-1. The van der Waals surface area contributed by atoms with E-state index in [0.717, 1.165) is 27.6 Å². The van der Waals surface area contributed by atoms with E-state index in [2.05, 4.69) is 9.97 Å².